The number of allylic oxidation sites excluding steroid dienone is 1. The fourth-order valence-corrected chi connectivity index (χ4v) is 3.09. The molecule has 1 aliphatic heterocycles. The standard InChI is InChI=1S/C19H16FN5O/c1-12-16(18(26)24-15-8-3-2-4-9-15)17(13-6-5-7-14(20)10-13)25-19(23-12)21-11-22-25/h2-11,17H,1H3,(H,24,26)(H,21,22,23)/t17-/m0/s1. The fraction of sp³-hybridized carbons (Fsp3) is 0.105. The monoisotopic (exact) mass is 349 g/mol. The van der Waals surface area contributed by atoms with E-state index in [4.69, 9.17) is 0 Å². The van der Waals surface area contributed by atoms with Crippen LogP contribution in [0.5, 0.6) is 0 Å². The first-order chi connectivity index (χ1) is 12.6. The number of rotatable bonds is 3. The molecule has 1 aromatic heterocycles. The molecule has 130 valence electrons. The number of fused-ring (bicyclic) bond motifs is 1. The number of anilines is 2. The Bertz CT molecular complexity index is 996. The first-order valence-corrected chi connectivity index (χ1v) is 8.12. The first-order valence-electron chi connectivity index (χ1n) is 8.12. The number of carbonyl (C=O) groups excluding carboxylic acids is 1. The van der Waals surface area contributed by atoms with Crippen LogP contribution in [0.15, 0.2) is 72.2 Å². The molecule has 1 aliphatic rings. The maximum atomic E-state index is 13.8. The number of carbonyl (C=O) groups is 1. The van der Waals surface area contributed by atoms with Gasteiger partial charge in [0.25, 0.3) is 5.91 Å². The molecule has 0 aliphatic carbocycles. The van der Waals surface area contributed by atoms with E-state index in [-0.39, 0.29) is 11.7 Å². The lowest BCUT2D eigenvalue weighted by Crippen LogP contribution is -2.31. The first kappa shape index (κ1) is 16.0. The quantitative estimate of drug-likeness (QED) is 0.761. The predicted octanol–water partition coefficient (Wildman–Crippen LogP) is 3.34. The van der Waals surface area contributed by atoms with Crippen LogP contribution in [-0.4, -0.2) is 20.7 Å². The van der Waals surface area contributed by atoms with Crippen molar-refractivity contribution in [2.24, 2.45) is 0 Å². The van der Waals surface area contributed by atoms with Crippen LogP contribution in [-0.2, 0) is 4.79 Å². The molecule has 2 heterocycles. The Hall–Kier alpha value is -3.48. The van der Waals surface area contributed by atoms with Gasteiger partial charge in [0.2, 0.25) is 5.95 Å². The highest BCUT2D eigenvalue weighted by atomic mass is 19.1. The van der Waals surface area contributed by atoms with E-state index in [0.717, 1.165) is 0 Å². The lowest BCUT2D eigenvalue weighted by molar-refractivity contribution is -0.113. The minimum absolute atomic E-state index is 0.281. The smallest absolute Gasteiger partial charge is 0.255 e. The second kappa shape index (κ2) is 6.44. The SMILES string of the molecule is CC1=C(C(=O)Nc2ccccc2)[C@H](c2cccc(F)c2)n2ncnc2N1. The second-order valence-electron chi connectivity index (χ2n) is 5.97. The van der Waals surface area contributed by atoms with Crippen molar-refractivity contribution >= 4 is 17.5 Å². The van der Waals surface area contributed by atoms with Gasteiger partial charge in [-0.2, -0.15) is 10.1 Å². The normalized spacial score (nSPS) is 16.0. The summed E-state index contributed by atoms with van der Waals surface area (Å²) in [7, 11) is 0. The Morgan fingerprint density at radius 1 is 1.19 bits per heavy atom. The maximum Gasteiger partial charge on any atom is 0.255 e. The van der Waals surface area contributed by atoms with Crippen LogP contribution in [0.25, 0.3) is 0 Å². The summed E-state index contributed by atoms with van der Waals surface area (Å²) >= 11 is 0. The van der Waals surface area contributed by atoms with Crippen LogP contribution in [0.4, 0.5) is 16.0 Å². The summed E-state index contributed by atoms with van der Waals surface area (Å²) in [6.45, 7) is 1.80. The topological polar surface area (TPSA) is 71.8 Å². The summed E-state index contributed by atoms with van der Waals surface area (Å²) < 4.78 is 15.4. The Balaban J connectivity index is 1.78. The van der Waals surface area contributed by atoms with Crippen molar-refractivity contribution in [1.82, 2.24) is 14.8 Å². The van der Waals surface area contributed by atoms with Gasteiger partial charge in [0.15, 0.2) is 0 Å². The molecular weight excluding hydrogens is 333 g/mol. The molecule has 3 aromatic rings. The highest BCUT2D eigenvalue weighted by Crippen LogP contribution is 2.35. The van der Waals surface area contributed by atoms with E-state index in [9.17, 15) is 9.18 Å². The minimum Gasteiger partial charge on any atom is -0.328 e. The number of aromatic nitrogens is 3. The molecule has 0 radical (unpaired) electrons. The Morgan fingerprint density at radius 3 is 2.77 bits per heavy atom. The number of halogens is 1. The Kier molecular flexibility index (Phi) is 3.96. The van der Waals surface area contributed by atoms with Crippen LogP contribution in [0, 0.1) is 5.82 Å². The number of hydrogen-bond acceptors (Lipinski definition) is 4. The van der Waals surface area contributed by atoms with E-state index in [2.05, 4.69) is 20.7 Å². The maximum absolute atomic E-state index is 13.8. The van der Waals surface area contributed by atoms with Gasteiger partial charge in [-0.1, -0.05) is 30.3 Å². The number of amides is 1. The molecule has 7 heteroatoms. The van der Waals surface area contributed by atoms with E-state index < -0.39 is 6.04 Å². The lowest BCUT2D eigenvalue weighted by Gasteiger charge is -2.28. The van der Waals surface area contributed by atoms with Crippen molar-refractivity contribution in [3.05, 3.63) is 83.6 Å². The molecule has 0 bridgehead atoms. The van der Waals surface area contributed by atoms with Crippen molar-refractivity contribution < 1.29 is 9.18 Å². The highest BCUT2D eigenvalue weighted by molar-refractivity contribution is 6.06. The van der Waals surface area contributed by atoms with Gasteiger partial charge < -0.3 is 10.6 Å². The summed E-state index contributed by atoms with van der Waals surface area (Å²) in [6.07, 6.45) is 1.40. The predicted molar refractivity (Wildman–Crippen MR) is 96.0 cm³/mol. The van der Waals surface area contributed by atoms with Crippen molar-refractivity contribution in [1.29, 1.82) is 0 Å². The van der Waals surface area contributed by atoms with Gasteiger partial charge in [0.05, 0.1) is 5.57 Å². The summed E-state index contributed by atoms with van der Waals surface area (Å²) in [5, 5.41) is 10.2. The second-order valence-corrected chi connectivity index (χ2v) is 5.97. The summed E-state index contributed by atoms with van der Waals surface area (Å²) in [4.78, 5) is 17.2. The number of para-hydroxylation sites is 1. The zero-order chi connectivity index (χ0) is 18.1. The minimum atomic E-state index is -0.576. The van der Waals surface area contributed by atoms with Crippen molar-refractivity contribution in [3.63, 3.8) is 0 Å². The van der Waals surface area contributed by atoms with Gasteiger partial charge in [0, 0.05) is 11.4 Å². The zero-order valence-electron chi connectivity index (χ0n) is 14.0. The number of nitrogens with one attached hydrogen (secondary N) is 2. The number of nitrogens with zero attached hydrogens (tertiary/aromatic N) is 3. The van der Waals surface area contributed by atoms with Crippen LogP contribution in [0.2, 0.25) is 0 Å². The van der Waals surface area contributed by atoms with Gasteiger partial charge in [-0.3, -0.25) is 4.79 Å². The third kappa shape index (κ3) is 2.83. The summed E-state index contributed by atoms with van der Waals surface area (Å²) in [6, 6.07) is 14.8. The van der Waals surface area contributed by atoms with Crippen molar-refractivity contribution in [3.8, 4) is 0 Å². The largest absolute Gasteiger partial charge is 0.328 e. The van der Waals surface area contributed by atoms with Crippen LogP contribution in [0.1, 0.15) is 18.5 Å². The molecule has 2 aromatic carbocycles. The molecule has 0 unspecified atom stereocenters. The van der Waals surface area contributed by atoms with Crippen LogP contribution in [0.3, 0.4) is 0 Å². The summed E-state index contributed by atoms with van der Waals surface area (Å²) in [5.74, 6) is -0.146. The Morgan fingerprint density at radius 2 is 2.00 bits per heavy atom. The molecule has 26 heavy (non-hydrogen) atoms. The van der Waals surface area contributed by atoms with E-state index in [0.29, 0.717) is 28.5 Å². The molecule has 0 spiro atoms. The molecule has 0 saturated carbocycles. The van der Waals surface area contributed by atoms with E-state index >= 15 is 0 Å². The summed E-state index contributed by atoms with van der Waals surface area (Å²) in [5.41, 5.74) is 2.40. The van der Waals surface area contributed by atoms with Gasteiger partial charge in [0.1, 0.15) is 18.2 Å². The molecule has 2 N–H and O–H groups in total. The van der Waals surface area contributed by atoms with Gasteiger partial charge in [-0.15, -0.1) is 0 Å². The van der Waals surface area contributed by atoms with Crippen molar-refractivity contribution in [2.75, 3.05) is 10.6 Å². The van der Waals surface area contributed by atoms with E-state index in [1.165, 1.54) is 18.5 Å². The van der Waals surface area contributed by atoms with Gasteiger partial charge >= 0.3 is 0 Å². The molecule has 0 saturated heterocycles. The van der Waals surface area contributed by atoms with Gasteiger partial charge in [-0.25, -0.2) is 9.07 Å². The molecule has 0 fully saturated rings. The van der Waals surface area contributed by atoms with E-state index in [1.54, 1.807) is 23.7 Å². The average molecular weight is 349 g/mol. The van der Waals surface area contributed by atoms with E-state index in [1.807, 2.05) is 30.3 Å². The third-order valence-electron chi connectivity index (χ3n) is 4.24. The molecule has 1 amide bonds. The molecule has 1 atom stereocenters. The fourth-order valence-electron chi connectivity index (χ4n) is 3.09. The van der Waals surface area contributed by atoms with Gasteiger partial charge in [-0.05, 0) is 36.8 Å². The lowest BCUT2D eigenvalue weighted by atomic mass is 9.95. The van der Waals surface area contributed by atoms with Crippen LogP contribution >= 0.6 is 0 Å². The number of hydrogen-bond donors (Lipinski definition) is 2. The zero-order valence-corrected chi connectivity index (χ0v) is 14.0. The third-order valence-corrected chi connectivity index (χ3v) is 4.24. The van der Waals surface area contributed by atoms with Crippen molar-refractivity contribution in [2.45, 2.75) is 13.0 Å². The highest BCUT2D eigenvalue weighted by Gasteiger charge is 2.33. The van der Waals surface area contributed by atoms with Crippen LogP contribution < -0.4 is 10.6 Å². The average Bonchev–Trinajstić information content (AvgIpc) is 3.09. The molecule has 6 nitrogen and oxygen atoms in total. The molecular formula is C19H16FN5O. The Labute approximate surface area is 149 Å². The number of benzene rings is 2. The molecule has 4 rings (SSSR count).